The molecular formula is C18H16F3N3O4S. The van der Waals surface area contributed by atoms with Crippen LogP contribution in [0.3, 0.4) is 0 Å². The maximum absolute atomic E-state index is 11.2. The van der Waals surface area contributed by atoms with E-state index in [0.29, 0.717) is 11.5 Å². The number of benzene rings is 2. The number of fused-ring (bicyclic) bond motifs is 1. The van der Waals surface area contributed by atoms with Gasteiger partial charge in [-0.25, -0.2) is 18.2 Å². The number of nitrogen functional groups attached to an aromatic ring is 1. The van der Waals surface area contributed by atoms with Gasteiger partial charge in [-0.3, -0.25) is 4.72 Å². The maximum atomic E-state index is 11.2. The standard InChI is InChI=1S/C16H15N3O2S.C2HF3O2/c1-22(20,21)19-14-6-4-11(5-7-14)13-3-2-12-8-9-18-16(17)15(12)10-13;3-2(4,5)1(6)7/h2-10,19H,1H3,(H2,17,18);(H,6,7). The minimum atomic E-state index is -5.08. The Morgan fingerprint density at radius 2 is 1.62 bits per heavy atom. The van der Waals surface area contributed by atoms with Gasteiger partial charge in [0.05, 0.1) is 6.26 Å². The lowest BCUT2D eigenvalue weighted by Crippen LogP contribution is -2.21. The molecule has 0 amide bonds. The molecule has 7 nitrogen and oxygen atoms in total. The lowest BCUT2D eigenvalue weighted by atomic mass is 10.0. The molecule has 4 N–H and O–H groups in total. The van der Waals surface area contributed by atoms with Crippen LogP contribution in [-0.4, -0.2) is 36.9 Å². The summed E-state index contributed by atoms with van der Waals surface area (Å²) in [6.07, 6.45) is -2.27. The number of carboxylic acid groups (broad SMARTS) is 1. The van der Waals surface area contributed by atoms with Gasteiger partial charge in [0, 0.05) is 17.3 Å². The third-order valence-electron chi connectivity index (χ3n) is 3.56. The van der Waals surface area contributed by atoms with Gasteiger partial charge in [-0.05, 0) is 40.8 Å². The molecule has 0 atom stereocenters. The number of nitrogens with zero attached hydrogens (tertiary/aromatic N) is 1. The highest BCUT2D eigenvalue weighted by Crippen LogP contribution is 2.27. The first kappa shape index (κ1) is 22.0. The molecule has 0 saturated heterocycles. The predicted molar refractivity (Wildman–Crippen MR) is 104 cm³/mol. The Balaban J connectivity index is 0.000000370. The Morgan fingerprint density at radius 1 is 1.07 bits per heavy atom. The number of aromatic nitrogens is 1. The van der Waals surface area contributed by atoms with Crippen LogP contribution in [0.5, 0.6) is 0 Å². The van der Waals surface area contributed by atoms with Crippen LogP contribution >= 0.6 is 0 Å². The van der Waals surface area contributed by atoms with Crippen molar-refractivity contribution >= 4 is 38.3 Å². The van der Waals surface area contributed by atoms with Crippen molar-refractivity contribution in [1.29, 1.82) is 0 Å². The molecule has 0 unspecified atom stereocenters. The third kappa shape index (κ3) is 6.35. The molecule has 0 aliphatic heterocycles. The van der Waals surface area contributed by atoms with E-state index in [-0.39, 0.29) is 0 Å². The molecular weight excluding hydrogens is 411 g/mol. The second-order valence-electron chi connectivity index (χ2n) is 5.89. The molecule has 0 aliphatic rings. The van der Waals surface area contributed by atoms with Gasteiger partial charge in [0.25, 0.3) is 0 Å². The van der Waals surface area contributed by atoms with E-state index in [1.165, 1.54) is 0 Å². The minimum Gasteiger partial charge on any atom is -0.475 e. The molecule has 0 saturated carbocycles. The van der Waals surface area contributed by atoms with Crippen LogP contribution in [0.15, 0.2) is 54.7 Å². The van der Waals surface area contributed by atoms with Gasteiger partial charge in [0.15, 0.2) is 0 Å². The van der Waals surface area contributed by atoms with Gasteiger partial charge >= 0.3 is 12.1 Å². The molecule has 154 valence electrons. The topological polar surface area (TPSA) is 122 Å². The molecule has 0 radical (unpaired) electrons. The van der Waals surface area contributed by atoms with Gasteiger partial charge in [0.1, 0.15) is 5.82 Å². The zero-order chi connectivity index (χ0) is 21.8. The largest absolute Gasteiger partial charge is 0.490 e. The lowest BCUT2D eigenvalue weighted by Gasteiger charge is -2.08. The van der Waals surface area contributed by atoms with Crippen LogP contribution < -0.4 is 10.5 Å². The van der Waals surface area contributed by atoms with Crippen molar-refractivity contribution < 1.29 is 31.5 Å². The van der Waals surface area contributed by atoms with E-state index in [1.54, 1.807) is 18.3 Å². The quantitative estimate of drug-likeness (QED) is 0.588. The van der Waals surface area contributed by atoms with E-state index >= 15 is 0 Å². The normalized spacial score (nSPS) is 11.4. The van der Waals surface area contributed by atoms with E-state index in [1.807, 2.05) is 36.4 Å². The maximum Gasteiger partial charge on any atom is 0.490 e. The number of halogens is 3. The fourth-order valence-corrected chi connectivity index (χ4v) is 2.88. The van der Waals surface area contributed by atoms with E-state index in [2.05, 4.69) is 9.71 Å². The highest BCUT2D eigenvalue weighted by atomic mass is 32.2. The number of nitrogens with one attached hydrogen (secondary N) is 1. The van der Waals surface area contributed by atoms with Gasteiger partial charge in [-0.2, -0.15) is 13.2 Å². The smallest absolute Gasteiger partial charge is 0.475 e. The number of rotatable bonds is 3. The average Bonchev–Trinajstić information content (AvgIpc) is 2.61. The summed E-state index contributed by atoms with van der Waals surface area (Å²) in [6.45, 7) is 0. The molecule has 11 heteroatoms. The summed E-state index contributed by atoms with van der Waals surface area (Å²) in [7, 11) is -3.26. The molecule has 29 heavy (non-hydrogen) atoms. The zero-order valence-electron chi connectivity index (χ0n) is 14.9. The number of pyridine rings is 1. The monoisotopic (exact) mass is 427 g/mol. The van der Waals surface area contributed by atoms with E-state index in [9.17, 15) is 21.6 Å². The molecule has 0 bridgehead atoms. The van der Waals surface area contributed by atoms with Crippen molar-refractivity contribution in [3.8, 4) is 11.1 Å². The zero-order valence-corrected chi connectivity index (χ0v) is 15.8. The first-order chi connectivity index (χ1) is 13.4. The Hall–Kier alpha value is -3.34. The summed E-state index contributed by atoms with van der Waals surface area (Å²) >= 11 is 0. The molecule has 0 aliphatic carbocycles. The van der Waals surface area contributed by atoms with E-state index < -0.39 is 22.2 Å². The predicted octanol–water partition coefficient (Wildman–Crippen LogP) is 3.49. The molecule has 2 aromatic carbocycles. The number of carboxylic acids is 1. The van der Waals surface area contributed by atoms with Crippen LogP contribution in [-0.2, 0) is 14.8 Å². The van der Waals surface area contributed by atoms with Gasteiger partial charge in [-0.1, -0.05) is 24.3 Å². The Labute approximate surface area is 164 Å². The molecule has 1 aromatic heterocycles. The fraction of sp³-hybridized carbons (Fsp3) is 0.111. The second-order valence-corrected chi connectivity index (χ2v) is 7.64. The van der Waals surface area contributed by atoms with Crippen LogP contribution in [0.25, 0.3) is 21.9 Å². The summed E-state index contributed by atoms with van der Waals surface area (Å²) in [6, 6.07) is 15.1. The van der Waals surface area contributed by atoms with Crippen molar-refractivity contribution in [2.75, 3.05) is 16.7 Å². The third-order valence-corrected chi connectivity index (χ3v) is 4.17. The number of hydrogen-bond acceptors (Lipinski definition) is 5. The van der Waals surface area contributed by atoms with Gasteiger partial charge in [0.2, 0.25) is 10.0 Å². The molecule has 1 heterocycles. The summed E-state index contributed by atoms with van der Waals surface area (Å²) in [4.78, 5) is 13.0. The second kappa shape index (κ2) is 8.35. The molecule has 0 spiro atoms. The van der Waals surface area contributed by atoms with Crippen LogP contribution in [0, 0.1) is 0 Å². The number of aliphatic carboxylic acids is 1. The van der Waals surface area contributed by atoms with Gasteiger partial charge < -0.3 is 10.8 Å². The number of sulfonamides is 1. The number of anilines is 2. The van der Waals surface area contributed by atoms with Crippen molar-refractivity contribution in [1.82, 2.24) is 4.98 Å². The fourth-order valence-electron chi connectivity index (χ4n) is 2.32. The van der Waals surface area contributed by atoms with Crippen molar-refractivity contribution in [2.45, 2.75) is 6.18 Å². The number of nitrogens with two attached hydrogens (primary N) is 1. The summed E-state index contributed by atoms with van der Waals surface area (Å²) in [5.74, 6) is -2.26. The summed E-state index contributed by atoms with van der Waals surface area (Å²) in [5.41, 5.74) is 8.42. The Morgan fingerprint density at radius 3 is 2.14 bits per heavy atom. The summed E-state index contributed by atoms with van der Waals surface area (Å²) in [5, 5.41) is 9.06. The Bertz CT molecular complexity index is 1130. The molecule has 3 rings (SSSR count). The van der Waals surface area contributed by atoms with Crippen molar-refractivity contribution in [3.63, 3.8) is 0 Å². The highest BCUT2D eigenvalue weighted by molar-refractivity contribution is 7.92. The summed E-state index contributed by atoms with van der Waals surface area (Å²) < 4.78 is 56.6. The van der Waals surface area contributed by atoms with Crippen molar-refractivity contribution in [3.05, 3.63) is 54.7 Å². The number of carbonyl (C=O) groups is 1. The lowest BCUT2D eigenvalue weighted by molar-refractivity contribution is -0.192. The SMILES string of the molecule is CS(=O)(=O)Nc1ccc(-c2ccc3ccnc(N)c3c2)cc1.O=C(O)C(F)(F)F. The van der Waals surface area contributed by atoms with Crippen LogP contribution in [0.1, 0.15) is 0 Å². The number of hydrogen-bond donors (Lipinski definition) is 3. The van der Waals surface area contributed by atoms with Gasteiger partial charge in [-0.15, -0.1) is 0 Å². The molecule has 0 fully saturated rings. The molecule has 3 aromatic rings. The van der Waals surface area contributed by atoms with Crippen LogP contribution in [0.2, 0.25) is 0 Å². The van der Waals surface area contributed by atoms with E-state index in [4.69, 9.17) is 15.6 Å². The first-order valence-electron chi connectivity index (χ1n) is 7.89. The van der Waals surface area contributed by atoms with E-state index in [0.717, 1.165) is 28.2 Å². The highest BCUT2D eigenvalue weighted by Gasteiger charge is 2.38. The first-order valence-corrected chi connectivity index (χ1v) is 9.78. The number of alkyl halides is 3. The average molecular weight is 427 g/mol. The Kier molecular flexibility index (Phi) is 6.32. The van der Waals surface area contributed by atoms with Crippen LogP contribution in [0.4, 0.5) is 24.7 Å². The minimum absolute atomic E-state index is 0.495. The van der Waals surface area contributed by atoms with Crippen molar-refractivity contribution in [2.24, 2.45) is 0 Å².